The molecular formula is C16H19N7. The van der Waals surface area contributed by atoms with Crippen molar-refractivity contribution in [2.24, 2.45) is 11.5 Å². The summed E-state index contributed by atoms with van der Waals surface area (Å²) in [6.45, 7) is 0.888. The molecule has 2 aromatic heterocycles. The molecule has 0 saturated carbocycles. The van der Waals surface area contributed by atoms with Crippen LogP contribution in [0.1, 0.15) is 17.4 Å². The molecule has 1 atom stereocenters. The van der Waals surface area contributed by atoms with Gasteiger partial charge in [-0.25, -0.2) is 14.6 Å². The summed E-state index contributed by atoms with van der Waals surface area (Å²) in [5.74, 6) is 1.06. The lowest BCUT2D eigenvalue weighted by Gasteiger charge is -2.09. The van der Waals surface area contributed by atoms with E-state index in [0.29, 0.717) is 23.9 Å². The molecule has 3 rings (SSSR count). The molecular weight excluding hydrogens is 290 g/mol. The van der Waals surface area contributed by atoms with E-state index < -0.39 is 6.04 Å². The molecule has 0 bridgehead atoms. The highest BCUT2D eigenvalue weighted by Gasteiger charge is 2.14. The van der Waals surface area contributed by atoms with Gasteiger partial charge in [-0.1, -0.05) is 30.3 Å². The highest BCUT2D eigenvalue weighted by Crippen LogP contribution is 2.24. The fourth-order valence-electron chi connectivity index (χ4n) is 2.28. The van der Waals surface area contributed by atoms with Crippen LogP contribution < -0.4 is 17.2 Å². The molecule has 0 aliphatic rings. The van der Waals surface area contributed by atoms with Crippen molar-refractivity contribution >= 4 is 5.82 Å². The molecule has 118 valence electrons. The molecule has 2 heterocycles. The molecule has 7 heteroatoms. The number of nitrogens with two attached hydrogens (primary N) is 3. The van der Waals surface area contributed by atoms with Crippen molar-refractivity contribution in [1.29, 1.82) is 0 Å². The van der Waals surface area contributed by atoms with E-state index in [9.17, 15) is 0 Å². The minimum absolute atomic E-state index is 0.284. The summed E-state index contributed by atoms with van der Waals surface area (Å²) in [4.78, 5) is 8.60. The molecule has 0 aliphatic heterocycles. The average molecular weight is 309 g/mol. The number of nitrogen functional groups attached to an aromatic ring is 1. The second-order valence-electron chi connectivity index (χ2n) is 5.23. The first-order valence-corrected chi connectivity index (χ1v) is 7.33. The molecule has 1 aromatic carbocycles. The normalized spacial score (nSPS) is 12.3. The predicted octanol–water partition coefficient (Wildman–Crippen LogP) is 0.929. The Balaban J connectivity index is 1.90. The highest BCUT2D eigenvalue weighted by molar-refractivity contribution is 5.70. The number of benzene rings is 1. The minimum atomic E-state index is -0.393. The van der Waals surface area contributed by atoms with Crippen LogP contribution in [-0.4, -0.2) is 26.3 Å². The van der Waals surface area contributed by atoms with Gasteiger partial charge in [-0.05, 0) is 11.6 Å². The zero-order valence-electron chi connectivity index (χ0n) is 12.6. The third kappa shape index (κ3) is 3.20. The number of hydrogen-bond donors (Lipinski definition) is 3. The number of anilines is 1. The predicted molar refractivity (Wildman–Crippen MR) is 89.2 cm³/mol. The van der Waals surface area contributed by atoms with E-state index in [1.54, 1.807) is 23.1 Å². The standard InChI is InChI=1S/C16H19N7/c17-8-13(18)16-20-7-6-14(22-16)12-9-21-23(15(12)19)10-11-4-2-1-3-5-11/h1-7,9,13H,8,10,17-19H2. The summed E-state index contributed by atoms with van der Waals surface area (Å²) in [7, 11) is 0. The van der Waals surface area contributed by atoms with Gasteiger partial charge in [-0.15, -0.1) is 0 Å². The molecule has 0 radical (unpaired) electrons. The summed E-state index contributed by atoms with van der Waals surface area (Å²) < 4.78 is 1.75. The second-order valence-corrected chi connectivity index (χ2v) is 5.23. The van der Waals surface area contributed by atoms with Crippen molar-refractivity contribution in [3.63, 3.8) is 0 Å². The van der Waals surface area contributed by atoms with Crippen LogP contribution in [0, 0.1) is 0 Å². The van der Waals surface area contributed by atoms with Crippen molar-refractivity contribution < 1.29 is 0 Å². The molecule has 0 amide bonds. The van der Waals surface area contributed by atoms with Crippen LogP contribution in [0.25, 0.3) is 11.3 Å². The fourth-order valence-corrected chi connectivity index (χ4v) is 2.28. The quantitative estimate of drug-likeness (QED) is 0.644. The summed E-state index contributed by atoms with van der Waals surface area (Å²) in [6, 6.07) is 11.4. The molecule has 0 saturated heterocycles. The van der Waals surface area contributed by atoms with Gasteiger partial charge >= 0.3 is 0 Å². The highest BCUT2D eigenvalue weighted by atomic mass is 15.3. The van der Waals surface area contributed by atoms with Crippen LogP contribution in [0.15, 0.2) is 48.8 Å². The number of hydrogen-bond acceptors (Lipinski definition) is 6. The van der Waals surface area contributed by atoms with Crippen LogP contribution in [0.3, 0.4) is 0 Å². The van der Waals surface area contributed by atoms with Crippen molar-refractivity contribution in [2.45, 2.75) is 12.6 Å². The molecule has 23 heavy (non-hydrogen) atoms. The van der Waals surface area contributed by atoms with Crippen molar-refractivity contribution in [2.75, 3.05) is 12.3 Å². The van der Waals surface area contributed by atoms with Crippen molar-refractivity contribution in [3.8, 4) is 11.3 Å². The number of nitrogens with zero attached hydrogens (tertiary/aromatic N) is 4. The lowest BCUT2D eigenvalue weighted by molar-refractivity contribution is 0.682. The van der Waals surface area contributed by atoms with E-state index in [1.807, 2.05) is 30.3 Å². The Morgan fingerprint density at radius 1 is 1.13 bits per heavy atom. The number of rotatable bonds is 5. The zero-order chi connectivity index (χ0) is 16.2. The van der Waals surface area contributed by atoms with Gasteiger partial charge in [0.25, 0.3) is 0 Å². The molecule has 0 fully saturated rings. The average Bonchev–Trinajstić information content (AvgIpc) is 2.96. The molecule has 0 aliphatic carbocycles. The molecule has 6 N–H and O–H groups in total. The van der Waals surface area contributed by atoms with Crippen LogP contribution >= 0.6 is 0 Å². The smallest absolute Gasteiger partial charge is 0.146 e. The van der Waals surface area contributed by atoms with E-state index in [0.717, 1.165) is 11.1 Å². The van der Waals surface area contributed by atoms with E-state index in [4.69, 9.17) is 17.2 Å². The lowest BCUT2D eigenvalue weighted by Crippen LogP contribution is -2.23. The Bertz CT molecular complexity index is 782. The van der Waals surface area contributed by atoms with E-state index in [-0.39, 0.29) is 6.54 Å². The minimum Gasteiger partial charge on any atom is -0.383 e. The van der Waals surface area contributed by atoms with E-state index in [2.05, 4.69) is 15.1 Å². The van der Waals surface area contributed by atoms with Gasteiger partial charge in [-0.2, -0.15) is 5.10 Å². The largest absolute Gasteiger partial charge is 0.383 e. The lowest BCUT2D eigenvalue weighted by atomic mass is 10.2. The first-order chi connectivity index (χ1) is 11.2. The first-order valence-electron chi connectivity index (χ1n) is 7.33. The third-order valence-electron chi connectivity index (χ3n) is 3.59. The maximum Gasteiger partial charge on any atom is 0.146 e. The van der Waals surface area contributed by atoms with Gasteiger partial charge in [0.1, 0.15) is 11.6 Å². The van der Waals surface area contributed by atoms with Gasteiger partial charge in [0, 0.05) is 12.7 Å². The SMILES string of the molecule is NCC(N)c1nccc(-c2cnn(Cc3ccccc3)c2N)n1. The molecule has 0 spiro atoms. The molecule has 7 nitrogen and oxygen atoms in total. The Morgan fingerprint density at radius 2 is 1.91 bits per heavy atom. The Morgan fingerprint density at radius 3 is 2.65 bits per heavy atom. The van der Waals surface area contributed by atoms with Gasteiger partial charge in [-0.3, -0.25) is 0 Å². The second kappa shape index (κ2) is 6.55. The first kappa shape index (κ1) is 15.1. The van der Waals surface area contributed by atoms with Gasteiger partial charge < -0.3 is 17.2 Å². The maximum atomic E-state index is 6.23. The summed E-state index contributed by atoms with van der Waals surface area (Å²) in [5.41, 5.74) is 20.3. The van der Waals surface area contributed by atoms with E-state index in [1.165, 1.54) is 0 Å². The van der Waals surface area contributed by atoms with Crippen LogP contribution in [0.4, 0.5) is 5.82 Å². The van der Waals surface area contributed by atoms with Crippen molar-refractivity contribution in [3.05, 3.63) is 60.2 Å². The fraction of sp³-hybridized carbons (Fsp3) is 0.188. The van der Waals surface area contributed by atoms with E-state index >= 15 is 0 Å². The van der Waals surface area contributed by atoms with Gasteiger partial charge in [0.15, 0.2) is 0 Å². The summed E-state index contributed by atoms with van der Waals surface area (Å²) in [5, 5.41) is 4.36. The van der Waals surface area contributed by atoms with Crippen molar-refractivity contribution in [1.82, 2.24) is 19.7 Å². The van der Waals surface area contributed by atoms with Gasteiger partial charge in [0.05, 0.1) is 30.0 Å². The zero-order valence-corrected chi connectivity index (χ0v) is 12.6. The van der Waals surface area contributed by atoms with Crippen LogP contribution in [0.5, 0.6) is 0 Å². The third-order valence-corrected chi connectivity index (χ3v) is 3.59. The Kier molecular flexibility index (Phi) is 4.31. The molecule has 3 aromatic rings. The van der Waals surface area contributed by atoms with Gasteiger partial charge in [0.2, 0.25) is 0 Å². The molecule has 1 unspecified atom stereocenters. The monoisotopic (exact) mass is 309 g/mol. The summed E-state index contributed by atoms with van der Waals surface area (Å²) in [6.07, 6.45) is 3.36. The van der Waals surface area contributed by atoms with Crippen LogP contribution in [0.2, 0.25) is 0 Å². The summed E-state index contributed by atoms with van der Waals surface area (Å²) >= 11 is 0. The number of aromatic nitrogens is 4. The van der Waals surface area contributed by atoms with Crippen LogP contribution in [-0.2, 0) is 6.54 Å². The topological polar surface area (TPSA) is 122 Å². The Labute approximate surface area is 134 Å². The maximum absolute atomic E-state index is 6.23. The Hall–Kier alpha value is -2.77.